The Kier molecular flexibility index (Phi) is 7.86. The molecule has 1 fully saturated rings. The third kappa shape index (κ3) is 6.93. The maximum Gasteiger partial charge on any atom is 0.241 e. The minimum atomic E-state index is -3.72. The first-order valence-corrected chi connectivity index (χ1v) is 10.5. The highest BCUT2D eigenvalue weighted by Crippen LogP contribution is 2.24. The van der Waals surface area contributed by atoms with Gasteiger partial charge in [-0.15, -0.1) is 0 Å². The number of carbonyl (C=O) groups excluding carboxylic acids is 1. The highest BCUT2D eigenvalue weighted by Gasteiger charge is 2.18. The quantitative estimate of drug-likeness (QED) is 0.596. The molecule has 0 bridgehead atoms. The largest absolute Gasteiger partial charge is 0.490 e. The molecular formula is C18H29N3O4S. The van der Waals surface area contributed by atoms with Crippen molar-refractivity contribution in [3.05, 3.63) is 24.3 Å². The number of sulfonamides is 1. The summed E-state index contributed by atoms with van der Waals surface area (Å²) in [6.07, 6.45) is 5.49. The Morgan fingerprint density at radius 2 is 1.85 bits per heavy atom. The molecule has 0 unspecified atom stereocenters. The molecule has 7 nitrogen and oxygen atoms in total. The minimum Gasteiger partial charge on any atom is -0.490 e. The van der Waals surface area contributed by atoms with Gasteiger partial charge in [0.05, 0.1) is 17.5 Å². The lowest BCUT2D eigenvalue weighted by Gasteiger charge is -2.13. The van der Waals surface area contributed by atoms with E-state index in [1.807, 2.05) is 19.0 Å². The van der Waals surface area contributed by atoms with Crippen LogP contribution in [-0.4, -0.2) is 59.1 Å². The Labute approximate surface area is 156 Å². The fourth-order valence-corrected chi connectivity index (χ4v) is 3.81. The van der Waals surface area contributed by atoms with Crippen LogP contribution in [-0.2, 0) is 14.8 Å². The van der Waals surface area contributed by atoms with Gasteiger partial charge in [-0.25, -0.2) is 13.1 Å². The van der Waals surface area contributed by atoms with Crippen molar-refractivity contribution >= 4 is 15.9 Å². The molecule has 0 aromatic heterocycles. The number of rotatable bonds is 10. The van der Waals surface area contributed by atoms with Gasteiger partial charge in [-0.2, -0.15) is 0 Å². The number of carbonyl (C=O) groups is 1. The molecule has 0 radical (unpaired) electrons. The summed E-state index contributed by atoms with van der Waals surface area (Å²) < 4.78 is 32.7. The van der Waals surface area contributed by atoms with E-state index >= 15 is 0 Å². The van der Waals surface area contributed by atoms with Gasteiger partial charge in [0.1, 0.15) is 5.75 Å². The van der Waals surface area contributed by atoms with Gasteiger partial charge in [0.15, 0.2) is 0 Å². The Hall–Kier alpha value is -1.64. The van der Waals surface area contributed by atoms with Gasteiger partial charge in [-0.1, -0.05) is 0 Å². The summed E-state index contributed by atoms with van der Waals surface area (Å²) in [6.45, 7) is 1.11. The smallest absolute Gasteiger partial charge is 0.241 e. The van der Waals surface area contributed by atoms with Crippen molar-refractivity contribution in [2.45, 2.75) is 43.1 Å². The fourth-order valence-electron chi connectivity index (χ4n) is 2.83. The third-order valence-electron chi connectivity index (χ3n) is 4.27. The molecule has 0 spiro atoms. The molecular weight excluding hydrogens is 354 g/mol. The average Bonchev–Trinajstić information content (AvgIpc) is 3.10. The molecule has 2 N–H and O–H groups in total. The molecule has 0 heterocycles. The highest BCUT2D eigenvalue weighted by atomic mass is 32.2. The van der Waals surface area contributed by atoms with Crippen molar-refractivity contribution in [2.24, 2.45) is 0 Å². The second kappa shape index (κ2) is 9.89. The predicted molar refractivity (Wildman–Crippen MR) is 101 cm³/mol. The van der Waals surface area contributed by atoms with E-state index in [-0.39, 0.29) is 23.5 Å². The molecule has 0 saturated heterocycles. The van der Waals surface area contributed by atoms with Crippen LogP contribution in [0.15, 0.2) is 29.2 Å². The topological polar surface area (TPSA) is 87.7 Å². The summed E-state index contributed by atoms with van der Waals surface area (Å²) in [6, 6.07) is 6.33. The lowest BCUT2D eigenvalue weighted by molar-refractivity contribution is -0.119. The first kappa shape index (κ1) is 20.7. The van der Waals surface area contributed by atoms with E-state index in [0.717, 1.165) is 25.8 Å². The second-order valence-corrected chi connectivity index (χ2v) is 8.59. The molecule has 2 rings (SSSR count). The first-order chi connectivity index (χ1) is 12.4. The molecule has 1 aliphatic carbocycles. The summed E-state index contributed by atoms with van der Waals surface area (Å²) in [5.74, 6) is 0.336. The van der Waals surface area contributed by atoms with Crippen LogP contribution in [0.1, 0.15) is 32.1 Å². The Bertz CT molecular complexity index is 668. The van der Waals surface area contributed by atoms with Crippen LogP contribution in [0, 0.1) is 0 Å². The number of nitrogens with zero attached hydrogens (tertiary/aromatic N) is 1. The lowest BCUT2D eigenvalue weighted by atomic mass is 10.3. The fraction of sp³-hybridized carbons (Fsp3) is 0.611. The summed E-state index contributed by atoms with van der Waals surface area (Å²) in [7, 11) is 0.199. The molecule has 8 heteroatoms. The number of ether oxygens (including phenoxy) is 1. The summed E-state index contributed by atoms with van der Waals surface area (Å²) in [4.78, 5) is 13.9. The Morgan fingerprint density at radius 1 is 1.19 bits per heavy atom. The van der Waals surface area contributed by atoms with Crippen LogP contribution >= 0.6 is 0 Å². The van der Waals surface area contributed by atoms with Gasteiger partial charge < -0.3 is 15.0 Å². The summed E-state index contributed by atoms with van der Waals surface area (Å²) in [5, 5.41) is 2.70. The number of hydrogen-bond donors (Lipinski definition) is 2. The van der Waals surface area contributed by atoms with Gasteiger partial charge in [-0.3, -0.25) is 4.79 Å². The van der Waals surface area contributed by atoms with E-state index in [0.29, 0.717) is 12.3 Å². The van der Waals surface area contributed by atoms with Crippen molar-refractivity contribution in [1.82, 2.24) is 14.9 Å². The van der Waals surface area contributed by atoms with Crippen molar-refractivity contribution < 1.29 is 17.9 Å². The van der Waals surface area contributed by atoms with Crippen molar-refractivity contribution in [3.63, 3.8) is 0 Å². The normalized spacial score (nSPS) is 15.3. The summed E-state index contributed by atoms with van der Waals surface area (Å²) >= 11 is 0. The Balaban J connectivity index is 1.78. The van der Waals surface area contributed by atoms with Gasteiger partial charge in [0, 0.05) is 6.54 Å². The van der Waals surface area contributed by atoms with Gasteiger partial charge in [0.25, 0.3) is 0 Å². The zero-order valence-electron chi connectivity index (χ0n) is 15.5. The molecule has 1 saturated carbocycles. The number of benzene rings is 1. The SMILES string of the molecule is CN(C)CCCNC(=O)CNS(=O)(=O)c1ccc(OC2CCCC2)cc1. The van der Waals surface area contributed by atoms with E-state index < -0.39 is 10.0 Å². The maximum atomic E-state index is 12.3. The van der Waals surface area contributed by atoms with Gasteiger partial charge in [0.2, 0.25) is 15.9 Å². The van der Waals surface area contributed by atoms with Crippen LogP contribution in [0.2, 0.25) is 0 Å². The van der Waals surface area contributed by atoms with Crippen molar-refractivity contribution in [3.8, 4) is 5.75 Å². The molecule has 1 amide bonds. The molecule has 26 heavy (non-hydrogen) atoms. The number of nitrogens with one attached hydrogen (secondary N) is 2. The van der Waals surface area contributed by atoms with Gasteiger partial charge >= 0.3 is 0 Å². The summed E-state index contributed by atoms with van der Waals surface area (Å²) in [5.41, 5.74) is 0. The maximum absolute atomic E-state index is 12.3. The standard InChI is InChI=1S/C18H29N3O4S/c1-21(2)13-5-12-19-18(22)14-20-26(23,24)17-10-8-16(9-11-17)25-15-6-3-4-7-15/h8-11,15,20H,3-7,12-14H2,1-2H3,(H,19,22). The monoisotopic (exact) mass is 383 g/mol. The Morgan fingerprint density at radius 3 is 2.46 bits per heavy atom. The van der Waals surface area contributed by atoms with E-state index in [4.69, 9.17) is 4.74 Å². The zero-order valence-corrected chi connectivity index (χ0v) is 16.3. The molecule has 146 valence electrons. The molecule has 1 aromatic carbocycles. The molecule has 0 atom stereocenters. The number of amides is 1. The third-order valence-corrected chi connectivity index (χ3v) is 5.68. The van der Waals surface area contributed by atoms with E-state index in [1.54, 1.807) is 12.1 Å². The first-order valence-electron chi connectivity index (χ1n) is 9.04. The van der Waals surface area contributed by atoms with Crippen LogP contribution in [0.3, 0.4) is 0 Å². The average molecular weight is 384 g/mol. The van der Waals surface area contributed by atoms with E-state index in [9.17, 15) is 13.2 Å². The minimum absolute atomic E-state index is 0.122. The van der Waals surface area contributed by atoms with Crippen LogP contribution in [0.5, 0.6) is 5.75 Å². The molecule has 1 aliphatic rings. The van der Waals surface area contributed by atoms with E-state index in [2.05, 4.69) is 10.0 Å². The molecule has 0 aliphatic heterocycles. The van der Waals surface area contributed by atoms with Gasteiger partial charge in [-0.05, 0) is 77.0 Å². The predicted octanol–water partition coefficient (Wildman–Crippen LogP) is 1.35. The van der Waals surface area contributed by atoms with Crippen molar-refractivity contribution in [2.75, 3.05) is 33.7 Å². The lowest BCUT2D eigenvalue weighted by Crippen LogP contribution is -2.37. The number of hydrogen-bond acceptors (Lipinski definition) is 5. The second-order valence-electron chi connectivity index (χ2n) is 6.83. The zero-order chi connectivity index (χ0) is 19.0. The van der Waals surface area contributed by atoms with Crippen LogP contribution in [0.25, 0.3) is 0 Å². The highest BCUT2D eigenvalue weighted by molar-refractivity contribution is 7.89. The van der Waals surface area contributed by atoms with Crippen molar-refractivity contribution in [1.29, 1.82) is 0 Å². The van der Waals surface area contributed by atoms with Crippen LogP contribution in [0.4, 0.5) is 0 Å². The van der Waals surface area contributed by atoms with E-state index in [1.165, 1.54) is 25.0 Å². The molecule has 1 aromatic rings. The van der Waals surface area contributed by atoms with Crippen LogP contribution < -0.4 is 14.8 Å².